The third-order valence-corrected chi connectivity index (χ3v) is 1.63. The predicted octanol–water partition coefficient (Wildman–Crippen LogP) is 0.0779. The maximum Gasteiger partial charge on any atom is 0.317 e. The molecule has 0 aliphatic carbocycles. The Balaban J connectivity index is 2.90. The van der Waals surface area contributed by atoms with Gasteiger partial charge in [-0.05, 0) is 13.3 Å². The molecule has 0 saturated heterocycles. The van der Waals surface area contributed by atoms with Crippen molar-refractivity contribution in [1.29, 1.82) is 0 Å². The fourth-order valence-corrected chi connectivity index (χ4v) is 0.930. The molecule has 0 aromatic heterocycles. The summed E-state index contributed by atoms with van der Waals surface area (Å²) >= 11 is 0. The second kappa shape index (κ2) is 12.4. The molecule has 0 heterocycles. The Morgan fingerprint density at radius 2 is 1.81 bits per heavy atom. The SMILES string of the molecule is CCOCCOCCCOCNCC(=O)O. The van der Waals surface area contributed by atoms with Crippen molar-refractivity contribution in [2.45, 2.75) is 13.3 Å². The highest BCUT2D eigenvalue weighted by atomic mass is 16.5. The predicted molar refractivity (Wildman–Crippen MR) is 58.4 cm³/mol. The molecule has 6 heteroatoms. The lowest BCUT2D eigenvalue weighted by molar-refractivity contribution is -0.136. The number of rotatable bonds is 12. The molecule has 0 aliphatic rings. The maximum absolute atomic E-state index is 10.1. The van der Waals surface area contributed by atoms with Crippen LogP contribution < -0.4 is 5.32 Å². The van der Waals surface area contributed by atoms with E-state index in [1.54, 1.807) is 0 Å². The molecule has 0 fully saturated rings. The number of carbonyl (C=O) groups is 1. The van der Waals surface area contributed by atoms with E-state index in [-0.39, 0.29) is 13.3 Å². The van der Waals surface area contributed by atoms with Gasteiger partial charge in [-0.3, -0.25) is 10.1 Å². The maximum atomic E-state index is 10.1. The highest BCUT2D eigenvalue weighted by molar-refractivity contribution is 5.68. The average molecular weight is 235 g/mol. The first-order valence-electron chi connectivity index (χ1n) is 5.43. The van der Waals surface area contributed by atoms with Gasteiger partial charge < -0.3 is 19.3 Å². The van der Waals surface area contributed by atoms with E-state index < -0.39 is 5.97 Å². The number of hydrogen-bond donors (Lipinski definition) is 2. The molecule has 0 aromatic rings. The summed E-state index contributed by atoms with van der Waals surface area (Å²) < 4.78 is 15.5. The van der Waals surface area contributed by atoms with Gasteiger partial charge in [0.1, 0.15) is 0 Å². The minimum absolute atomic E-state index is 0.0785. The Hall–Kier alpha value is -0.690. The molecule has 0 unspecified atom stereocenters. The van der Waals surface area contributed by atoms with Crippen molar-refractivity contribution in [3.05, 3.63) is 0 Å². The van der Waals surface area contributed by atoms with E-state index >= 15 is 0 Å². The fraction of sp³-hybridized carbons (Fsp3) is 0.900. The molecule has 6 nitrogen and oxygen atoms in total. The van der Waals surface area contributed by atoms with Crippen LogP contribution in [0.4, 0.5) is 0 Å². The summed E-state index contributed by atoms with van der Waals surface area (Å²) in [6, 6.07) is 0. The molecule has 0 saturated carbocycles. The van der Waals surface area contributed by atoms with E-state index in [1.807, 2.05) is 6.92 Å². The van der Waals surface area contributed by atoms with E-state index in [4.69, 9.17) is 19.3 Å². The van der Waals surface area contributed by atoms with Gasteiger partial charge in [-0.25, -0.2) is 0 Å². The molecule has 16 heavy (non-hydrogen) atoms. The van der Waals surface area contributed by atoms with Crippen LogP contribution in [-0.2, 0) is 19.0 Å². The van der Waals surface area contributed by atoms with Crippen molar-refractivity contribution in [2.75, 3.05) is 46.3 Å². The van der Waals surface area contributed by atoms with Crippen molar-refractivity contribution in [2.24, 2.45) is 0 Å². The van der Waals surface area contributed by atoms with Crippen LogP contribution in [0, 0.1) is 0 Å². The van der Waals surface area contributed by atoms with Crippen molar-refractivity contribution in [3.63, 3.8) is 0 Å². The first-order valence-corrected chi connectivity index (χ1v) is 5.43. The van der Waals surface area contributed by atoms with E-state index in [9.17, 15) is 4.79 Å². The minimum atomic E-state index is -0.886. The zero-order valence-corrected chi connectivity index (χ0v) is 9.74. The van der Waals surface area contributed by atoms with E-state index in [0.29, 0.717) is 33.0 Å². The van der Waals surface area contributed by atoms with Gasteiger partial charge in [-0.15, -0.1) is 0 Å². The fourth-order valence-electron chi connectivity index (χ4n) is 0.930. The molecule has 0 amide bonds. The molecule has 0 rings (SSSR count). The highest BCUT2D eigenvalue weighted by Gasteiger charge is 1.94. The van der Waals surface area contributed by atoms with Crippen LogP contribution in [0.15, 0.2) is 0 Å². The molecule has 0 spiro atoms. The van der Waals surface area contributed by atoms with Gasteiger partial charge in [-0.1, -0.05) is 0 Å². The highest BCUT2D eigenvalue weighted by Crippen LogP contribution is 1.85. The smallest absolute Gasteiger partial charge is 0.317 e. The summed E-state index contributed by atoms with van der Waals surface area (Å²) in [5, 5.41) is 10.9. The zero-order valence-electron chi connectivity index (χ0n) is 9.74. The molecular weight excluding hydrogens is 214 g/mol. The van der Waals surface area contributed by atoms with Crippen molar-refractivity contribution < 1.29 is 24.1 Å². The van der Waals surface area contributed by atoms with Crippen molar-refractivity contribution in [3.8, 4) is 0 Å². The van der Waals surface area contributed by atoms with E-state index in [2.05, 4.69) is 5.32 Å². The summed E-state index contributed by atoms with van der Waals surface area (Å²) in [6.07, 6.45) is 0.793. The van der Waals surface area contributed by atoms with Gasteiger partial charge in [-0.2, -0.15) is 0 Å². The van der Waals surface area contributed by atoms with Gasteiger partial charge in [0.15, 0.2) is 0 Å². The summed E-state index contributed by atoms with van der Waals surface area (Å²) in [5.74, 6) is -0.886. The molecular formula is C10H21NO5. The Labute approximate surface area is 95.9 Å². The normalized spacial score (nSPS) is 10.6. The van der Waals surface area contributed by atoms with Gasteiger partial charge in [0.25, 0.3) is 0 Å². The molecule has 96 valence electrons. The van der Waals surface area contributed by atoms with Crippen LogP contribution in [0.3, 0.4) is 0 Å². The van der Waals surface area contributed by atoms with Crippen molar-refractivity contribution >= 4 is 5.97 Å². The largest absolute Gasteiger partial charge is 0.480 e. The molecule has 2 N–H and O–H groups in total. The molecule has 0 aromatic carbocycles. The topological polar surface area (TPSA) is 77.0 Å². The van der Waals surface area contributed by atoms with Crippen molar-refractivity contribution in [1.82, 2.24) is 5.32 Å². The first kappa shape index (κ1) is 15.3. The first-order chi connectivity index (χ1) is 7.77. The molecule has 0 radical (unpaired) electrons. The minimum Gasteiger partial charge on any atom is -0.480 e. The summed E-state index contributed by atoms with van der Waals surface area (Å²) in [4.78, 5) is 10.1. The summed E-state index contributed by atoms with van der Waals surface area (Å²) in [7, 11) is 0. The third-order valence-electron chi connectivity index (χ3n) is 1.63. The van der Waals surface area contributed by atoms with Crippen LogP contribution in [-0.4, -0.2) is 57.4 Å². The van der Waals surface area contributed by atoms with E-state index in [0.717, 1.165) is 6.42 Å². The number of hydrogen-bond acceptors (Lipinski definition) is 5. The number of carboxylic acids is 1. The summed E-state index contributed by atoms with van der Waals surface area (Å²) in [5.41, 5.74) is 0. The van der Waals surface area contributed by atoms with Gasteiger partial charge in [0.2, 0.25) is 0 Å². The lowest BCUT2D eigenvalue weighted by Crippen LogP contribution is -2.25. The standard InChI is InChI=1S/C10H21NO5/c1-2-14-6-7-15-4-3-5-16-9-11-8-10(12)13/h11H,2-9H2,1H3,(H,12,13). The van der Waals surface area contributed by atoms with Crippen LogP contribution in [0.1, 0.15) is 13.3 Å². The second-order valence-corrected chi connectivity index (χ2v) is 3.04. The zero-order chi connectivity index (χ0) is 12.1. The number of carboxylic acid groups (broad SMARTS) is 1. The van der Waals surface area contributed by atoms with Gasteiger partial charge in [0, 0.05) is 13.2 Å². The summed E-state index contributed by atoms with van der Waals surface area (Å²) in [6.45, 7) is 5.24. The van der Waals surface area contributed by atoms with Gasteiger partial charge in [0.05, 0.1) is 33.1 Å². The van der Waals surface area contributed by atoms with Gasteiger partial charge >= 0.3 is 5.97 Å². The quantitative estimate of drug-likeness (QED) is 0.368. The van der Waals surface area contributed by atoms with E-state index in [1.165, 1.54) is 0 Å². The Morgan fingerprint density at radius 1 is 1.12 bits per heavy atom. The van der Waals surface area contributed by atoms with Crippen LogP contribution in [0.2, 0.25) is 0 Å². The Morgan fingerprint density at radius 3 is 2.50 bits per heavy atom. The third kappa shape index (κ3) is 13.3. The van der Waals surface area contributed by atoms with Crippen LogP contribution >= 0.6 is 0 Å². The lowest BCUT2D eigenvalue weighted by Gasteiger charge is -2.05. The number of nitrogens with one attached hydrogen (secondary N) is 1. The number of aliphatic carboxylic acids is 1. The molecule has 0 aliphatic heterocycles. The van der Waals surface area contributed by atoms with Crippen LogP contribution in [0.5, 0.6) is 0 Å². The molecule has 0 bridgehead atoms. The Kier molecular flexibility index (Phi) is 11.8. The monoisotopic (exact) mass is 235 g/mol. The molecule has 0 atom stereocenters. The van der Waals surface area contributed by atoms with Crippen LogP contribution in [0.25, 0.3) is 0 Å². The number of ether oxygens (including phenoxy) is 3. The Bertz CT molecular complexity index is 165. The second-order valence-electron chi connectivity index (χ2n) is 3.04. The lowest BCUT2D eigenvalue weighted by atomic mass is 10.5. The average Bonchev–Trinajstić information content (AvgIpc) is 2.25.